The summed E-state index contributed by atoms with van der Waals surface area (Å²) in [7, 11) is 1.24. The predicted octanol–water partition coefficient (Wildman–Crippen LogP) is 3.25. The molecule has 0 spiro atoms. The Labute approximate surface area is 139 Å². The van der Waals surface area contributed by atoms with Gasteiger partial charge in [0.1, 0.15) is 5.56 Å². The normalized spacial score (nSPS) is 24.0. The molecular weight excluding hydrogens is 316 g/mol. The third-order valence-corrected chi connectivity index (χ3v) is 6.04. The Balaban J connectivity index is 1.95. The quantitative estimate of drug-likeness (QED) is 0.479. The van der Waals surface area contributed by atoms with Crippen LogP contribution in [0.25, 0.3) is 0 Å². The number of esters is 1. The van der Waals surface area contributed by atoms with Crippen molar-refractivity contribution in [2.75, 3.05) is 24.3 Å². The molecular formula is C16H20N2O4S. The molecule has 1 aromatic carbocycles. The van der Waals surface area contributed by atoms with E-state index in [9.17, 15) is 14.9 Å². The number of methoxy groups -OCH3 is 1. The average molecular weight is 336 g/mol. The Hall–Kier alpha value is -1.76. The number of nitro groups is 1. The van der Waals surface area contributed by atoms with Crippen molar-refractivity contribution in [2.24, 2.45) is 0 Å². The van der Waals surface area contributed by atoms with Crippen LogP contribution in [0.15, 0.2) is 18.2 Å². The van der Waals surface area contributed by atoms with Gasteiger partial charge in [-0.15, -0.1) is 0 Å². The number of nitro benzene ring substituents is 1. The molecule has 23 heavy (non-hydrogen) atoms. The van der Waals surface area contributed by atoms with Crippen molar-refractivity contribution >= 4 is 29.1 Å². The molecule has 2 aliphatic rings. The maximum Gasteiger partial charge on any atom is 0.344 e. The van der Waals surface area contributed by atoms with Gasteiger partial charge in [-0.25, -0.2) is 4.79 Å². The van der Waals surface area contributed by atoms with E-state index >= 15 is 0 Å². The fourth-order valence-electron chi connectivity index (χ4n) is 3.55. The lowest BCUT2D eigenvalue weighted by Gasteiger charge is -2.45. The highest BCUT2D eigenvalue weighted by Gasteiger charge is 2.34. The van der Waals surface area contributed by atoms with Crippen LogP contribution in [-0.2, 0) is 4.74 Å². The molecule has 0 bridgehead atoms. The molecule has 0 amide bonds. The molecule has 7 heteroatoms. The highest BCUT2D eigenvalue weighted by atomic mass is 32.2. The minimum Gasteiger partial charge on any atom is -0.465 e. The van der Waals surface area contributed by atoms with Crippen LogP contribution >= 0.6 is 11.8 Å². The molecule has 2 unspecified atom stereocenters. The summed E-state index contributed by atoms with van der Waals surface area (Å²) in [6.45, 7) is 0.907. The zero-order chi connectivity index (χ0) is 16.4. The molecule has 2 atom stereocenters. The third kappa shape index (κ3) is 3.15. The number of rotatable bonds is 3. The Kier molecular flexibility index (Phi) is 4.75. The zero-order valence-corrected chi connectivity index (χ0v) is 13.9. The molecule has 1 aliphatic heterocycles. The lowest BCUT2D eigenvalue weighted by atomic mass is 9.92. The second-order valence-corrected chi connectivity index (χ2v) is 7.25. The van der Waals surface area contributed by atoms with E-state index in [-0.39, 0.29) is 11.3 Å². The molecule has 0 aromatic heterocycles. The Bertz CT molecular complexity index is 620. The van der Waals surface area contributed by atoms with Crippen LogP contribution in [0.4, 0.5) is 11.4 Å². The summed E-state index contributed by atoms with van der Waals surface area (Å²) in [5, 5.41) is 11.8. The minimum atomic E-state index is -0.662. The van der Waals surface area contributed by atoms with E-state index in [1.54, 1.807) is 12.1 Å². The number of thioether (sulfide) groups is 1. The number of ether oxygens (including phenoxy) is 1. The van der Waals surface area contributed by atoms with Gasteiger partial charge in [0.2, 0.25) is 0 Å². The Morgan fingerprint density at radius 3 is 2.91 bits per heavy atom. The number of benzene rings is 1. The van der Waals surface area contributed by atoms with Gasteiger partial charge in [-0.3, -0.25) is 10.1 Å². The number of hydrogen-bond acceptors (Lipinski definition) is 6. The highest BCUT2D eigenvalue weighted by Crippen LogP contribution is 2.38. The van der Waals surface area contributed by atoms with Gasteiger partial charge in [0.05, 0.1) is 12.0 Å². The first-order valence-electron chi connectivity index (χ1n) is 7.87. The van der Waals surface area contributed by atoms with Gasteiger partial charge in [-0.05, 0) is 25.0 Å². The number of fused-ring (bicyclic) bond motifs is 1. The summed E-state index contributed by atoms with van der Waals surface area (Å²) < 4.78 is 4.71. The molecule has 1 aromatic rings. The second kappa shape index (κ2) is 6.78. The smallest absolute Gasteiger partial charge is 0.344 e. The zero-order valence-electron chi connectivity index (χ0n) is 13.1. The van der Waals surface area contributed by atoms with Crippen molar-refractivity contribution in [3.63, 3.8) is 0 Å². The number of anilines is 1. The summed E-state index contributed by atoms with van der Waals surface area (Å²) in [6.07, 6.45) is 4.86. The molecule has 1 saturated heterocycles. The van der Waals surface area contributed by atoms with Gasteiger partial charge in [0.25, 0.3) is 5.69 Å². The molecule has 6 nitrogen and oxygen atoms in total. The molecule has 1 heterocycles. The maximum atomic E-state index is 11.9. The van der Waals surface area contributed by atoms with Gasteiger partial charge in [-0.2, -0.15) is 11.8 Å². The predicted molar refractivity (Wildman–Crippen MR) is 90.3 cm³/mol. The number of nitrogens with zero attached hydrogens (tertiary/aromatic N) is 2. The van der Waals surface area contributed by atoms with Gasteiger partial charge < -0.3 is 9.64 Å². The largest absolute Gasteiger partial charge is 0.465 e. The fraction of sp³-hybridized carbons (Fsp3) is 0.562. The van der Waals surface area contributed by atoms with E-state index in [1.165, 1.54) is 32.4 Å². The lowest BCUT2D eigenvalue weighted by molar-refractivity contribution is -0.385. The lowest BCUT2D eigenvalue weighted by Crippen LogP contribution is -2.49. The van der Waals surface area contributed by atoms with Crippen LogP contribution in [0.2, 0.25) is 0 Å². The van der Waals surface area contributed by atoms with Crippen molar-refractivity contribution in [1.82, 2.24) is 0 Å². The van der Waals surface area contributed by atoms with Crippen LogP contribution in [0, 0.1) is 10.1 Å². The molecule has 0 N–H and O–H groups in total. The SMILES string of the molecule is COC(=O)c1cc(N2CCSC3CCCCC32)ccc1[N+](=O)[O-]. The van der Waals surface area contributed by atoms with E-state index < -0.39 is 10.9 Å². The molecule has 2 fully saturated rings. The summed E-state index contributed by atoms with van der Waals surface area (Å²) in [5.41, 5.74) is 0.709. The van der Waals surface area contributed by atoms with Crippen LogP contribution in [-0.4, -0.2) is 41.6 Å². The first kappa shape index (κ1) is 16.1. The fourth-order valence-corrected chi connectivity index (χ4v) is 5.00. The number of carbonyl (C=O) groups is 1. The van der Waals surface area contributed by atoms with Crippen molar-refractivity contribution in [3.8, 4) is 0 Å². The van der Waals surface area contributed by atoms with Gasteiger partial charge >= 0.3 is 5.97 Å². The molecule has 1 saturated carbocycles. The Morgan fingerprint density at radius 1 is 1.39 bits per heavy atom. The van der Waals surface area contributed by atoms with Crippen molar-refractivity contribution in [2.45, 2.75) is 37.0 Å². The van der Waals surface area contributed by atoms with Gasteiger partial charge in [0.15, 0.2) is 0 Å². The summed E-state index contributed by atoms with van der Waals surface area (Å²) >= 11 is 2.03. The summed E-state index contributed by atoms with van der Waals surface area (Å²) in [4.78, 5) is 24.8. The van der Waals surface area contributed by atoms with Crippen molar-refractivity contribution in [1.29, 1.82) is 0 Å². The minimum absolute atomic E-state index is 0.0283. The Morgan fingerprint density at radius 2 is 2.17 bits per heavy atom. The number of hydrogen-bond donors (Lipinski definition) is 0. The standard InChI is InChI=1S/C16H20N2O4S/c1-22-16(19)12-10-11(6-7-13(12)18(20)21)17-8-9-23-15-5-3-2-4-14(15)17/h6-7,10,14-15H,2-5,8-9H2,1H3. The van der Waals surface area contributed by atoms with Gasteiger partial charge in [0, 0.05) is 35.3 Å². The van der Waals surface area contributed by atoms with E-state index in [0.717, 1.165) is 24.4 Å². The van der Waals surface area contributed by atoms with E-state index in [1.807, 2.05) is 11.8 Å². The van der Waals surface area contributed by atoms with E-state index in [4.69, 9.17) is 4.74 Å². The third-order valence-electron chi connectivity index (χ3n) is 4.65. The summed E-state index contributed by atoms with van der Waals surface area (Å²) in [5.74, 6) is 0.385. The molecule has 3 rings (SSSR count). The molecule has 1 aliphatic carbocycles. The average Bonchev–Trinajstić information content (AvgIpc) is 2.60. The number of carbonyl (C=O) groups excluding carboxylic acids is 1. The molecule has 0 radical (unpaired) electrons. The van der Waals surface area contributed by atoms with Crippen LogP contribution in [0.1, 0.15) is 36.0 Å². The van der Waals surface area contributed by atoms with Crippen molar-refractivity contribution < 1.29 is 14.5 Å². The molecule has 124 valence electrons. The summed E-state index contributed by atoms with van der Waals surface area (Å²) in [6, 6.07) is 5.24. The van der Waals surface area contributed by atoms with E-state index in [0.29, 0.717) is 11.3 Å². The monoisotopic (exact) mass is 336 g/mol. The van der Waals surface area contributed by atoms with Crippen LogP contribution < -0.4 is 4.90 Å². The van der Waals surface area contributed by atoms with Crippen LogP contribution in [0.3, 0.4) is 0 Å². The van der Waals surface area contributed by atoms with Crippen LogP contribution in [0.5, 0.6) is 0 Å². The topological polar surface area (TPSA) is 72.7 Å². The van der Waals surface area contributed by atoms with Crippen molar-refractivity contribution in [3.05, 3.63) is 33.9 Å². The highest BCUT2D eigenvalue weighted by molar-refractivity contribution is 8.00. The second-order valence-electron chi connectivity index (χ2n) is 5.90. The first-order chi connectivity index (χ1) is 11.1. The first-order valence-corrected chi connectivity index (χ1v) is 8.91. The van der Waals surface area contributed by atoms with Gasteiger partial charge in [-0.1, -0.05) is 12.8 Å². The maximum absolute atomic E-state index is 11.9. The van der Waals surface area contributed by atoms with E-state index in [2.05, 4.69) is 4.90 Å².